The predicted molar refractivity (Wildman–Crippen MR) is 59.0 cm³/mol. The van der Waals surface area contributed by atoms with Crippen LogP contribution in [0.25, 0.3) is 0 Å². The Hall–Kier alpha value is -0.850. The Morgan fingerprint density at radius 2 is 2.06 bits per heavy atom. The van der Waals surface area contributed by atoms with Crippen LogP contribution in [0.2, 0.25) is 0 Å². The molecule has 1 aliphatic rings. The van der Waals surface area contributed by atoms with E-state index in [4.69, 9.17) is 0 Å². The molecule has 0 aliphatic heterocycles. The lowest BCUT2D eigenvalue weighted by molar-refractivity contribution is -0.139. The molecule has 0 saturated carbocycles. The molecule has 7 heteroatoms. The normalized spacial score (nSPS) is 22.6. The summed E-state index contributed by atoms with van der Waals surface area (Å²) in [4.78, 5) is 11.0. The number of hydrogen-bond donors (Lipinski definition) is 1. The third kappa shape index (κ3) is 1.90. The second kappa shape index (κ2) is 3.57. The van der Waals surface area contributed by atoms with Crippen molar-refractivity contribution in [2.24, 2.45) is 5.41 Å². The van der Waals surface area contributed by atoms with E-state index in [0.29, 0.717) is 0 Å². The van der Waals surface area contributed by atoms with Crippen molar-refractivity contribution < 1.29 is 13.2 Å². The van der Waals surface area contributed by atoms with Crippen LogP contribution in [-0.2, 0) is 12.6 Å². The van der Waals surface area contributed by atoms with E-state index in [1.54, 1.807) is 0 Å². The highest BCUT2D eigenvalue weighted by Gasteiger charge is 2.46. The van der Waals surface area contributed by atoms with Gasteiger partial charge in [-0.15, -0.1) is 0 Å². The van der Waals surface area contributed by atoms with Gasteiger partial charge >= 0.3 is 6.18 Å². The number of H-pyrrole nitrogens is 1. The van der Waals surface area contributed by atoms with Crippen molar-refractivity contribution >= 4 is 15.9 Å². The van der Waals surface area contributed by atoms with E-state index in [2.05, 4.69) is 21.0 Å². The number of nitrogens with zero attached hydrogens (tertiary/aromatic N) is 1. The molecule has 0 spiro atoms. The maximum atomic E-state index is 12.8. The van der Waals surface area contributed by atoms with E-state index >= 15 is 0 Å². The lowest BCUT2D eigenvalue weighted by Gasteiger charge is -2.20. The summed E-state index contributed by atoms with van der Waals surface area (Å²) in [6.07, 6.45) is -4.46. The zero-order valence-corrected chi connectivity index (χ0v) is 10.7. The van der Waals surface area contributed by atoms with Crippen molar-refractivity contribution in [3.05, 3.63) is 27.2 Å². The third-order valence-electron chi connectivity index (χ3n) is 2.96. The molecule has 1 aromatic rings. The average Bonchev–Trinajstić information content (AvgIpc) is 2.35. The van der Waals surface area contributed by atoms with Crippen LogP contribution in [0.5, 0.6) is 0 Å². The zero-order valence-electron chi connectivity index (χ0n) is 9.15. The van der Waals surface area contributed by atoms with Crippen LogP contribution in [0.4, 0.5) is 13.2 Å². The topological polar surface area (TPSA) is 45.8 Å². The summed E-state index contributed by atoms with van der Waals surface area (Å²) in [5, 5.41) is 5.64. The molecular formula is C10H10BrF3N2O. The average molecular weight is 311 g/mol. The smallest absolute Gasteiger partial charge is 0.267 e. The van der Waals surface area contributed by atoms with Crippen LogP contribution in [0.3, 0.4) is 0 Å². The van der Waals surface area contributed by atoms with Crippen molar-refractivity contribution in [2.75, 3.05) is 0 Å². The molecule has 1 atom stereocenters. The number of aromatic nitrogens is 2. The van der Waals surface area contributed by atoms with Gasteiger partial charge < -0.3 is 0 Å². The maximum absolute atomic E-state index is 12.8. The minimum Gasteiger partial charge on any atom is -0.267 e. The monoisotopic (exact) mass is 310 g/mol. The first-order chi connectivity index (χ1) is 7.64. The fourth-order valence-corrected chi connectivity index (χ4v) is 2.64. The minimum absolute atomic E-state index is 0.00752. The summed E-state index contributed by atoms with van der Waals surface area (Å²) >= 11 is 3.33. The third-order valence-corrected chi connectivity index (χ3v) is 4.63. The lowest BCUT2D eigenvalue weighted by Crippen LogP contribution is -2.25. The Kier molecular flexibility index (Phi) is 2.65. The Labute approximate surface area is 104 Å². The Balaban J connectivity index is 2.71. The van der Waals surface area contributed by atoms with Crippen LogP contribution in [0.1, 0.15) is 35.5 Å². The summed E-state index contributed by atoms with van der Waals surface area (Å²) in [6.45, 7) is 3.66. The van der Waals surface area contributed by atoms with E-state index < -0.39 is 22.7 Å². The molecule has 1 unspecified atom stereocenters. The van der Waals surface area contributed by atoms with Crippen LogP contribution in [0.15, 0.2) is 4.79 Å². The molecule has 2 rings (SSSR count). The number of nitrogens with one attached hydrogen (secondary N) is 1. The first-order valence-electron chi connectivity index (χ1n) is 4.97. The molecule has 0 saturated heterocycles. The first-order valence-corrected chi connectivity index (χ1v) is 5.89. The molecule has 0 amide bonds. The molecular weight excluding hydrogens is 301 g/mol. The predicted octanol–water partition coefficient (Wildman–Crippen LogP) is 2.81. The van der Waals surface area contributed by atoms with Gasteiger partial charge in [0, 0.05) is 0 Å². The van der Waals surface area contributed by atoms with Gasteiger partial charge in [-0.3, -0.25) is 4.79 Å². The van der Waals surface area contributed by atoms with Gasteiger partial charge in [-0.05, 0) is 17.4 Å². The molecule has 0 fully saturated rings. The van der Waals surface area contributed by atoms with Crippen LogP contribution in [-0.4, -0.2) is 10.2 Å². The molecule has 0 aromatic carbocycles. The van der Waals surface area contributed by atoms with Crippen molar-refractivity contribution in [3.63, 3.8) is 0 Å². The van der Waals surface area contributed by atoms with Crippen LogP contribution >= 0.6 is 15.9 Å². The largest absolute Gasteiger partial charge is 0.422 e. The van der Waals surface area contributed by atoms with Gasteiger partial charge in [0.05, 0.1) is 10.5 Å². The Morgan fingerprint density at radius 3 is 2.59 bits per heavy atom. The molecule has 0 radical (unpaired) electrons. The van der Waals surface area contributed by atoms with Crippen molar-refractivity contribution in [3.8, 4) is 0 Å². The van der Waals surface area contributed by atoms with E-state index in [1.807, 2.05) is 18.9 Å². The second-order valence-corrected chi connectivity index (χ2v) is 5.73. The highest BCUT2D eigenvalue weighted by Crippen LogP contribution is 2.51. The summed E-state index contributed by atoms with van der Waals surface area (Å²) in [6, 6.07) is 0. The molecule has 94 valence electrons. The zero-order chi connectivity index (χ0) is 13.0. The Bertz CT molecular complexity index is 521. The van der Waals surface area contributed by atoms with Gasteiger partial charge in [-0.2, -0.15) is 18.3 Å². The molecule has 1 heterocycles. The second-order valence-electron chi connectivity index (χ2n) is 4.82. The molecule has 1 N–H and O–H groups in total. The molecule has 1 aliphatic carbocycles. The number of aromatic amines is 1. The SMILES string of the molecule is CC1(C)Cc2c(n[nH]c(=O)c2C(F)(F)F)C1Br. The van der Waals surface area contributed by atoms with Crippen LogP contribution < -0.4 is 5.56 Å². The van der Waals surface area contributed by atoms with Gasteiger partial charge in [0.25, 0.3) is 5.56 Å². The van der Waals surface area contributed by atoms with Gasteiger partial charge in [0.2, 0.25) is 0 Å². The van der Waals surface area contributed by atoms with Gasteiger partial charge in [0.15, 0.2) is 0 Å². The summed E-state index contributed by atoms with van der Waals surface area (Å²) < 4.78 is 38.5. The van der Waals surface area contributed by atoms with E-state index in [1.165, 1.54) is 0 Å². The van der Waals surface area contributed by atoms with Crippen molar-refractivity contribution in [1.82, 2.24) is 10.2 Å². The summed E-state index contributed by atoms with van der Waals surface area (Å²) in [5.41, 5.74) is -2.39. The number of hydrogen-bond acceptors (Lipinski definition) is 2. The maximum Gasteiger partial charge on any atom is 0.422 e. The van der Waals surface area contributed by atoms with Gasteiger partial charge in [0.1, 0.15) is 5.56 Å². The van der Waals surface area contributed by atoms with E-state index in [-0.39, 0.29) is 22.5 Å². The van der Waals surface area contributed by atoms with Crippen LogP contribution in [0, 0.1) is 5.41 Å². The quantitative estimate of drug-likeness (QED) is 0.749. The highest BCUT2D eigenvalue weighted by atomic mass is 79.9. The number of halogens is 4. The molecule has 17 heavy (non-hydrogen) atoms. The molecule has 1 aromatic heterocycles. The fourth-order valence-electron chi connectivity index (χ4n) is 2.10. The molecule has 0 bridgehead atoms. The lowest BCUT2D eigenvalue weighted by atomic mass is 9.90. The standard InChI is InChI=1S/C10H10BrF3N2O/c1-9(2)3-4-5(10(12,13)14)8(17)16-15-6(4)7(9)11/h7H,3H2,1-2H3,(H,16,17). The fraction of sp³-hybridized carbons (Fsp3) is 0.600. The van der Waals surface area contributed by atoms with Crippen molar-refractivity contribution in [1.29, 1.82) is 0 Å². The number of rotatable bonds is 0. The van der Waals surface area contributed by atoms with E-state index in [0.717, 1.165) is 0 Å². The highest BCUT2D eigenvalue weighted by molar-refractivity contribution is 9.09. The molecule has 3 nitrogen and oxygen atoms in total. The Morgan fingerprint density at radius 1 is 1.47 bits per heavy atom. The van der Waals surface area contributed by atoms with Gasteiger partial charge in [-0.1, -0.05) is 29.8 Å². The summed E-state index contributed by atoms with van der Waals surface area (Å²) in [5.74, 6) is 0. The van der Waals surface area contributed by atoms with Crippen molar-refractivity contribution in [2.45, 2.75) is 31.3 Å². The van der Waals surface area contributed by atoms with Gasteiger partial charge in [-0.25, -0.2) is 5.10 Å². The first kappa shape index (κ1) is 12.6. The summed E-state index contributed by atoms with van der Waals surface area (Å²) in [7, 11) is 0. The van der Waals surface area contributed by atoms with E-state index in [9.17, 15) is 18.0 Å². The number of alkyl halides is 4. The number of fused-ring (bicyclic) bond motifs is 1. The minimum atomic E-state index is -4.65.